The number of fused-ring (bicyclic) bond motifs is 3. The van der Waals surface area contributed by atoms with Gasteiger partial charge in [-0.25, -0.2) is 8.70 Å². The molecule has 5 rings (SSSR count). The van der Waals surface area contributed by atoms with Crippen LogP contribution in [0.2, 0.25) is 0 Å². The predicted octanol–water partition coefficient (Wildman–Crippen LogP) is 6.43. The number of benzene rings is 3. The van der Waals surface area contributed by atoms with Crippen LogP contribution in [0.3, 0.4) is 0 Å². The molecule has 0 saturated carbocycles. The molecule has 1 atom stereocenters. The number of H-pyrrole nitrogens is 1. The molecule has 4 aromatic rings. The van der Waals surface area contributed by atoms with Crippen LogP contribution >= 0.6 is 11.9 Å². The summed E-state index contributed by atoms with van der Waals surface area (Å²) in [4.78, 5) is 13.2. The van der Waals surface area contributed by atoms with Crippen molar-refractivity contribution in [2.45, 2.75) is 24.3 Å². The lowest BCUT2D eigenvalue weighted by Gasteiger charge is -2.32. The van der Waals surface area contributed by atoms with E-state index in [9.17, 15) is 4.39 Å². The highest BCUT2D eigenvalue weighted by atomic mass is 32.2. The largest absolute Gasteiger partial charge is 0.483 e. The number of halogens is 1. The molecule has 3 aromatic carbocycles. The normalized spacial score (nSPS) is 15.5. The number of ether oxygens (including phenoxy) is 1. The van der Waals surface area contributed by atoms with E-state index < -0.39 is 0 Å². The van der Waals surface area contributed by atoms with Crippen molar-refractivity contribution in [2.75, 3.05) is 6.54 Å². The number of hydrogen-bond acceptors (Lipinski definition) is 4. The number of carboxylic acid groups (broad SMARTS) is 1. The SMILES string of the molecule is CC1c2[nH]c3ccccc3c2CCN1Sc1ccc(Oc2ccc(F)cc2)cc1.O=CO. The van der Waals surface area contributed by atoms with E-state index in [0.29, 0.717) is 11.8 Å². The van der Waals surface area contributed by atoms with Crippen molar-refractivity contribution >= 4 is 29.3 Å². The molecule has 0 bridgehead atoms. The smallest absolute Gasteiger partial charge is 0.290 e. The van der Waals surface area contributed by atoms with Gasteiger partial charge in [-0.15, -0.1) is 0 Å². The molecule has 2 N–H and O–H groups in total. The second-order valence-electron chi connectivity index (χ2n) is 7.35. The van der Waals surface area contributed by atoms with Crippen molar-refractivity contribution in [3.8, 4) is 11.5 Å². The second-order valence-corrected chi connectivity index (χ2v) is 8.48. The van der Waals surface area contributed by atoms with E-state index in [1.54, 1.807) is 24.1 Å². The third kappa shape index (κ3) is 4.79. The highest BCUT2D eigenvalue weighted by Gasteiger charge is 2.27. The minimum atomic E-state index is -0.266. The molecule has 164 valence electrons. The zero-order chi connectivity index (χ0) is 22.5. The molecule has 1 aromatic heterocycles. The van der Waals surface area contributed by atoms with Crippen LogP contribution in [0, 0.1) is 5.82 Å². The summed E-state index contributed by atoms with van der Waals surface area (Å²) in [5.74, 6) is 1.10. The highest BCUT2D eigenvalue weighted by molar-refractivity contribution is 7.97. The van der Waals surface area contributed by atoms with E-state index in [1.807, 2.05) is 12.1 Å². The molecule has 0 spiro atoms. The maximum atomic E-state index is 13.0. The number of para-hydroxylation sites is 1. The van der Waals surface area contributed by atoms with Crippen LogP contribution in [-0.2, 0) is 11.2 Å². The van der Waals surface area contributed by atoms with Gasteiger partial charge in [-0.2, -0.15) is 0 Å². The maximum absolute atomic E-state index is 13.0. The van der Waals surface area contributed by atoms with Gasteiger partial charge in [-0.3, -0.25) is 4.79 Å². The molecule has 5 nitrogen and oxygen atoms in total. The van der Waals surface area contributed by atoms with Crippen molar-refractivity contribution in [3.05, 3.63) is 89.9 Å². The number of nitrogens with zero attached hydrogens (tertiary/aromatic N) is 1. The quantitative estimate of drug-likeness (QED) is 0.277. The number of rotatable bonds is 4. The van der Waals surface area contributed by atoms with Crippen LogP contribution in [0.1, 0.15) is 24.2 Å². The minimum absolute atomic E-state index is 0.250. The Morgan fingerprint density at radius 1 is 1.06 bits per heavy atom. The first-order valence-electron chi connectivity index (χ1n) is 10.2. The van der Waals surface area contributed by atoms with Crippen LogP contribution in [0.15, 0.2) is 77.7 Å². The molecule has 1 aliphatic rings. The van der Waals surface area contributed by atoms with Crippen molar-refractivity contribution in [1.82, 2.24) is 9.29 Å². The molecule has 7 heteroatoms. The van der Waals surface area contributed by atoms with E-state index in [1.165, 1.54) is 39.2 Å². The second kappa shape index (κ2) is 9.89. The lowest BCUT2D eigenvalue weighted by molar-refractivity contribution is -0.122. The van der Waals surface area contributed by atoms with E-state index >= 15 is 0 Å². The molecule has 32 heavy (non-hydrogen) atoms. The van der Waals surface area contributed by atoms with Gasteiger partial charge < -0.3 is 14.8 Å². The Morgan fingerprint density at radius 3 is 2.38 bits per heavy atom. The molecular weight excluding hydrogens is 427 g/mol. The molecule has 1 aliphatic heterocycles. The Hall–Kier alpha value is -3.29. The fraction of sp³-hybridized carbons (Fsp3) is 0.160. The third-order valence-corrected chi connectivity index (χ3v) is 6.59. The van der Waals surface area contributed by atoms with Crippen molar-refractivity contribution < 1.29 is 19.0 Å². The van der Waals surface area contributed by atoms with E-state index in [-0.39, 0.29) is 12.3 Å². The Morgan fingerprint density at radius 2 is 1.69 bits per heavy atom. The van der Waals surface area contributed by atoms with Crippen molar-refractivity contribution in [2.24, 2.45) is 0 Å². The van der Waals surface area contributed by atoms with Gasteiger partial charge in [0.2, 0.25) is 0 Å². The van der Waals surface area contributed by atoms with Gasteiger partial charge in [-0.1, -0.05) is 18.2 Å². The van der Waals surface area contributed by atoms with Gasteiger partial charge in [0.15, 0.2) is 0 Å². The fourth-order valence-electron chi connectivity index (χ4n) is 3.87. The first kappa shape index (κ1) is 21.9. The van der Waals surface area contributed by atoms with Crippen LogP contribution < -0.4 is 4.74 Å². The Bertz CT molecular complexity index is 1190. The summed E-state index contributed by atoms with van der Waals surface area (Å²) in [7, 11) is 0. The summed E-state index contributed by atoms with van der Waals surface area (Å²) >= 11 is 1.77. The summed E-state index contributed by atoms with van der Waals surface area (Å²) in [5, 5.41) is 8.24. The zero-order valence-electron chi connectivity index (χ0n) is 17.5. The summed E-state index contributed by atoms with van der Waals surface area (Å²) in [6.45, 7) is 3.01. The number of aromatic amines is 1. The standard InChI is InChI=1S/C24H21FN2OS.CH2O2/c1-16-24-22(21-4-2-3-5-23(21)26-24)14-15-27(16)29-20-12-10-19(11-13-20)28-18-8-6-17(25)7-9-18;2-1-3/h2-13,16,26H,14-15H2,1H3;1H,(H,2,3). The van der Waals surface area contributed by atoms with Crippen LogP contribution in [0.5, 0.6) is 11.5 Å². The van der Waals surface area contributed by atoms with E-state index in [0.717, 1.165) is 18.7 Å². The summed E-state index contributed by atoms with van der Waals surface area (Å²) in [6.07, 6.45) is 1.04. The zero-order valence-corrected chi connectivity index (χ0v) is 18.3. The van der Waals surface area contributed by atoms with Crippen molar-refractivity contribution in [3.63, 3.8) is 0 Å². The predicted molar refractivity (Wildman–Crippen MR) is 125 cm³/mol. The molecule has 0 saturated heterocycles. The molecule has 1 unspecified atom stereocenters. The topological polar surface area (TPSA) is 65.6 Å². The van der Waals surface area contributed by atoms with E-state index in [4.69, 9.17) is 14.6 Å². The van der Waals surface area contributed by atoms with Gasteiger partial charge >= 0.3 is 0 Å². The number of aromatic nitrogens is 1. The van der Waals surface area contributed by atoms with Crippen LogP contribution in [-0.4, -0.2) is 27.4 Å². The Kier molecular flexibility index (Phi) is 6.78. The molecule has 0 aliphatic carbocycles. The Balaban J connectivity index is 0.000000775. The monoisotopic (exact) mass is 450 g/mol. The maximum Gasteiger partial charge on any atom is 0.290 e. The van der Waals surface area contributed by atoms with Crippen LogP contribution in [0.4, 0.5) is 4.39 Å². The Labute approximate surface area is 190 Å². The van der Waals surface area contributed by atoms with Gasteiger partial charge in [0.1, 0.15) is 17.3 Å². The molecule has 0 amide bonds. The number of hydrogen-bond donors (Lipinski definition) is 2. The number of carbonyl (C=O) groups is 1. The molecule has 0 radical (unpaired) electrons. The molecular formula is C25H23FN2O3S. The first-order valence-corrected chi connectivity index (χ1v) is 11.0. The van der Waals surface area contributed by atoms with E-state index in [2.05, 4.69) is 52.6 Å². The first-order chi connectivity index (χ1) is 15.6. The van der Waals surface area contributed by atoms with Gasteiger partial charge in [-0.05, 0) is 85.5 Å². The lowest BCUT2D eigenvalue weighted by atomic mass is 10.0. The van der Waals surface area contributed by atoms with Crippen molar-refractivity contribution in [1.29, 1.82) is 0 Å². The molecule has 2 heterocycles. The fourth-order valence-corrected chi connectivity index (χ4v) is 4.85. The minimum Gasteiger partial charge on any atom is -0.483 e. The highest BCUT2D eigenvalue weighted by Crippen LogP contribution is 2.40. The average molecular weight is 451 g/mol. The average Bonchev–Trinajstić information content (AvgIpc) is 3.19. The third-order valence-electron chi connectivity index (χ3n) is 5.37. The van der Waals surface area contributed by atoms with Gasteiger partial charge in [0, 0.05) is 28.0 Å². The van der Waals surface area contributed by atoms with Crippen LogP contribution in [0.25, 0.3) is 10.9 Å². The molecule has 0 fully saturated rings. The summed E-state index contributed by atoms with van der Waals surface area (Å²) < 4.78 is 21.2. The number of nitrogens with one attached hydrogen (secondary N) is 1. The summed E-state index contributed by atoms with van der Waals surface area (Å²) in [5.41, 5.74) is 3.99. The van der Waals surface area contributed by atoms with Gasteiger partial charge in [0.25, 0.3) is 6.47 Å². The van der Waals surface area contributed by atoms with Gasteiger partial charge in [0.05, 0.1) is 6.04 Å². The summed E-state index contributed by atoms with van der Waals surface area (Å²) in [6, 6.07) is 23.0. The lowest BCUT2D eigenvalue weighted by Crippen LogP contribution is -2.28.